The zero-order valence-electron chi connectivity index (χ0n) is 21.2. The van der Waals surface area contributed by atoms with E-state index < -0.39 is 5.60 Å². The van der Waals surface area contributed by atoms with E-state index in [-0.39, 0.29) is 17.7 Å². The SMILES string of the molecule is CC(C)(C)OC(=O)N1CCC2(CC1)Cc1cc(-c3ccc(NC(=O)N4CCOCC4)cc3)ncc1O2. The minimum Gasteiger partial charge on any atom is -0.485 e. The van der Waals surface area contributed by atoms with Crippen molar-refractivity contribution in [3.63, 3.8) is 0 Å². The monoisotopic (exact) mass is 494 g/mol. The molecular formula is C27H34N4O5. The van der Waals surface area contributed by atoms with Crippen LogP contribution in [0.1, 0.15) is 39.2 Å². The van der Waals surface area contributed by atoms with Crippen LogP contribution < -0.4 is 10.1 Å². The summed E-state index contributed by atoms with van der Waals surface area (Å²) in [5.41, 5.74) is 2.93. The van der Waals surface area contributed by atoms with Gasteiger partial charge in [-0.05, 0) is 39.0 Å². The van der Waals surface area contributed by atoms with Crippen molar-refractivity contribution in [1.29, 1.82) is 0 Å². The van der Waals surface area contributed by atoms with Gasteiger partial charge in [-0.3, -0.25) is 4.98 Å². The quantitative estimate of drug-likeness (QED) is 0.669. The van der Waals surface area contributed by atoms with Crippen LogP contribution in [0.2, 0.25) is 0 Å². The Kier molecular flexibility index (Phi) is 6.51. The molecule has 3 aliphatic heterocycles. The third kappa shape index (κ3) is 5.41. The maximum atomic E-state index is 12.4. The number of anilines is 1. The fraction of sp³-hybridized carbons (Fsp3) is 0.519. The summed E-state index contributed by atoms with van der Waals surface area (Å²) < 4.78 is 17.2. The van der Waals surface area contributed by atoms with Crippen molar-refractivity contribution < 1.29 is 23.8 Å². The van der Waals surface area contributed by atoms with Gasteiger partial charge in [0, 0.05) is 62.3 Å². The Bertz CT molecular complexity index is 1110. The highest BCUT2D eigenvalue weighted by atomic mass is 16.6. The van der Waals surface area contributed by atoms with Crippen molar-refractivity contribution in [2.24, 2.45) is 0 Å². The van der Waals surface area contributed by atoms with E-state index in [0.29, 0.717) is 39.4 Å². The van der Waals surface area contributed by atoms with Gasteiger partial charge in [-0.1, -0.05) is 12.1 Å². The molecule has 3 aliphatic rings. The zero-order chi connectivity index (χ0) is 25.3. The third-order valence-electron chi connectivity index (χ3n) is 6.84. The number of fused-ring (bicyclic) bond motifs is 1. The smallest absolute Gasteiger partial charge is 0.410 e. The lowest BCUT2D eigenvalue weighted by molar-refractivity contribution is -0.00895. The van der Waals surface area contributed by atoms with Gasteiger partial charge >= 0.3 is 12.1 Å². The molecule has 9 nitrogen and oxygen atoms in total. The number of hydrogen-bond donors (Lipinski definition) is 1. The molecule has 2 aromatic rings. The van der Waals surface area contributed by atoms with Crippen molar-refractivity contribution in [2.75, 3.05) is 44.7 Å². The molecule has 1 aromatic heterocycles. The summed E-state index contributed by atoms with van der Waals surface area (Å²) in [6, 6.07) is 9.70. The van der Waals surface area contributed by atoms with E-state index in [1.165, 1.54) is 0 Å². The number of aromatic nitrogens is 1. The first-order valence-electron chi connectivity index (χ1n) is 12.6. The zero-order valence-corrected chi connectivity index (χ0v) is 21.2. The van der Waals surface area contributed by atoms with E-state index in [0.717, 1.165) is 47.5 Å². The number of benzene rings is 1. The second-order valence-electron chi connectivity index (χ2n) is 10.7. The van der Waals surface area contributed by atoms with Gasteiger partial charge in [0.25, 0.3) is 0 Å². The molecule has 0 saturated carbocycles. The number of pyridine rings is 1. The highest BCUT2D eigenvalue weighted by Crippen LogP contribution is 2.42. The molecule has 5 rings (SSSR count). The molecule has 0 bridgehead atoms. The summed E-state index contributed by atoms with van der Waals surface area (Å²) in [6.07, 6.45) is 3.85. The van der Waals surface area contributed by atoms with Gasteiger partial charge in [0.15, 0.2) is 0 Å². The summed E-state index contributed by atoms with van der Waals surface area (Å²) in [7, 11) is 0. The summed E-state index contributed by atoms with van der Waals surface area (Å²) in [5, 5.41) is 2.95. The molecule has 3 amide bonds. The molecule has 1 N–H and O–H groups in total. The number of rotatable bonds is 2. The maximum Gasteiger partial charge on any atom is 0.410 e. The molecule has 0 atom stereocenters. The lowest BCUT2D eigenvalue weighted by Crippen LogP contribution is -2.50. The number of amides is 3. The third-order valence-corrected chi connectivity index (χ3v) is 6.84. The number of urea groups is 1. The summed E-state index contributed by atoms with van der Waals surface area (Å²) >= 11 is 0. The average molecular weight is 495 g/mol. The van der Waals surface area contributed by atoms with Gasteiger partial charge in [-0.15, -0.1) is 0 Å². The number of carbonyl (C=O) groups is 2. The first-order valence-corrected chi connectivity index (χ1v) is 12.6. The molecule has 1 aromatic carbocycles. The predicted molar refractivity (Wildman–Crippen MR) is 135 cm³/mol. The lowest BCUT2D eigenvalue weighted by Gasteiger charge is -2.38. The molecule has 0 unspecified atom stereocenters. The van der Waals surface area contributed by atoms with Crippen molar-refractivity contribution in [1.82, 2.24) is 14.8 Å². The van der Waals surface area contributed by atoms with Gasteiger partial charge in [0.05, 0.1) is 25.1 Å². The second-order valence-corrected chi connectivity index (χ2v) is 10.7. The van der Waals surface area contributed by atoms with Crippen LogP contribution in [0.15, 0.2) is 36.5 Å². The Morgan fingerprint density at radius 1 is 1.03 bits per heavy atom. The van der Waals surface area contributed by atoms with Crippen molar-refractivity contribution in [3.8, 4) is 17.0 Å². The fourth-order valence-corrected chi connectivity index (χ4v) is 4.88. The molecule has 9 heteroatoms. The number of carbonyl (C=O) groups excluding carboxylic acids is 2. The van der Waals surface area contributed by atoms with Gasteiger partial charge in [-0.25, -0.2) is 9.59 Å². The highest BCUT2D eigenvalue weighted by Gasteiger charge is 2.43. The number of morpholine rings is 1. The number of ether oxygens (including phenoxy) is 3. The summed E-state index contributed by atoms with van der Waals surface area (Å²) in [4.78, 5) is 33.0. The molecule has 4 heterocycles. The minimum atomic E-state index is -0.499. The van der Waals surface area contributed by atoms with Gasteiger partial charge in [0.2, 0.25) is 0 Å². The molecule has 2 fully saturated rings. The van der Waals surface area contributed by atoms with Crippen LogP contribution >= 0.6 is 0 Å². The standard InChI is InChI=1S/C27H34N4O5/c1-26(2,3)36-25(33)31-10-8-27(9-11-31)17-20-16-22(28-18-23(20)35-27)19-4-6-21(7-5-19)29-24(32)30-12-14-34-15-13-30/h4-7,16,18H,8-15,17H2,1-3H3,(H,29,32). The van der Waals surface area contributed by atoms with E-state index in [9.17, 15) is 9.59 Å². The fourth-order valence-electron chi connectivity index (χ4n) is 4.88. The van der Waals surface area contributed by atoms with Gasteiger partial charge < -0.3 is 29.3 Å². The molecular weight excluding hydrogens is 460 g/mol. The Morgan fingerprint density at radius 3 is 2.39 bits per heavy atom. The Hall–Kier alpha value is -3.33. The van der Waals surface area contributed by atoms with Crippen LogP contribution in [0, 0.1) is 0 Å². The number of hydrogen-bond acceptors (Lipinski definition) is 6. The molecule has 192 valence electrons. The summed E-state index contributed by atoms with van der Waals surface area (Å²) in [6.45, 7) is 9.22. The molecule has 36 heavy (non-hydrogen) atoms. The minimum absolute atomic E-state index is 0.109. The van der Waals surface area contributed by atoms with Crippen molar-refractivity contribution in [2.45, 2.75) is 51.2 Å². The van der Waals surface area contributed by atoms with E-state index >= 15 is 0 Å². The topological polar surface area (TPSA) is 93.2 Å². The predicted octanol–water partition coefficient (Wildman–Crippen LogP) is 4.32. The number of nitrogens with zero attached hydrogens (tertiary/aromatic N) is 3. The molecule has 1 spiro atoms. The molecule has 2 saturated heterocycles. The Balaban J connectivity index is 1.20. The van der Waals surface area contributed by atoms with Crippen LogP contribution in [0.5, 0.6) is 5.75 Å². The Morgan fingerprint density at radius 2 is 1.72 bits per heavy atom. The maximum absolute atomic E-state index is 12.4. The average Bonchev–Trinajstić information content (AvgIpc) is 3.21. The van der Waals surface area contributed by atoms with Crippen LogP contribution in [0.3, 0.4) is 0 Å². The number of piperidine rings is 1. The Labute approximate surface area is 211 Å². The van der Waals surface area contributed by atoms with Crippen molar-refractivity contribution in [3.05, 3.63) is 42.1 Å². The normalized spacial score (nSPS) is 19.0. The number of likely N-dealkylation sites (tertiary alicyclic amines) is 1. The largest absolute Gasteiger partial charge is 0.485 e. The lowest BCUT2D eigenvalue weighted by atomic mass is 9.87. The molecule has 0 aliphatic carbocycles. The van der Waals surface area contributed by atoms with Crippen LogP contribution in [0.4, 0.5) is 15.3 Å². The first-order chi connectivity index (χ1) is 17.2. The molecule has 0 radical (unpaired) electrons. The summed E-state index contributed by atoms with van der Waals surface area (Å²) in [5.74, 6) is 0.818. The van der Waals surface area contributed by atoms with Crippen LogP contribution in [-0.4, -0.2) is 77.5 Å². The highest BCUT2D eigenvalue weighted by molar-refractivity contribution is 5.89. The van der Waals surface area contributed by atoms with E-state index in [2.05, 4.69) is 16.4 Å². The van der Waals surface area contributed by atoms with E-state index in [1.807, 2.05) is 45.0 Å². The number of nitrogens with one attached hydrogen (secondary N) is 1. The van der Waals surface area contributed by atoms with Gasteiger partial charge in [0.1, 0.15) is 17.0 Å². The van der Waals surface area contributed by atoms with E-state index in [1.54, 1.807) is 16.0 Å². The van der Waals surface area contributed by atoms with Crippen LogP contribution in [-0.2, 0) is 15.9 Å². The van der Waals surface area contributed by atoms with Gasteiger partial charge in [-0.2, -0.15) is 0 Å². The van der Waals surface area contributed by atoms with Crippen molar-refractivity contribution >= 4 is 17.8 Å². The van der Waals surface area contributed by atoms with Crippen LogP contribution in [0.25, 0.3) is 11.3 Å². The first kappa shape index (κ1) is 24.4. The second kappa shape index (κ2) is 9.61. The van der Waals surface area contributed by atoms with E-state index in [4.69, 9.17) is 14.2 Å².